The summed E-state index contributed by atoms with van der Waals surface area (Å²) in [6.45, 7) is 2.72. The molecule has 6 heteroatoms. The highest BCUT2D eigenvalue weighted by Gasteiger charge is 2.18. The Morgan fingerprint density at radius 2 is 2.00 bits per heavy atom. The first kappa shape index (κ1) is 17.1. The van der Waals surface area contributed by atoms with Crippen molar-refractivity contribution < 1.29 is 9.59 Å². The van der Waals surface area contributed by atoms with Crippen molar-refractivity contribution in [3.63, 3.8) is 0 Å². The topological polar surface area (TPSA) is 62.3 Å². The lowest BCUT2D eigenvalue weighted by Gasteiger charge is -2.22. The summed E-state index contributed by atoms with van der Waals surface area (Å²) >= 11 is 1.36. The third kappa shape index (κ3) is 5.49. The minimum atomic E-state index is -0.222. The number of amides is 2. The van der Waals surface area contributed by atoms with E-state index in [1.54, 1.807) is 28.6 Å². The minimum Gasteiger partial charge on any atom is -0.329 e. The number of rotatable bonds is 8. The Labute approximate surface area is 140 Å². The van der Waals surface area contributed by atoms with Crippen LogP contribution in [-0.4, -0.2) is 34.8 Å². The highest BCUT2D eigenvalue weighted by atomic mass is 32.1. The SMILES string of the molecule is CCCCCN(CC(=O)Nc1nccs1)C(=O)c1ccccc1. The van der Waals surface area contributed by atoms with E-state index in [0.29, 0.717) is 17.2 Å². The minimum absolute atomic E-state index is 0.0387. The zero-order valence-corrected chi connectivity index (χ0v) is 14.0. The van der Waals surface area contributed by atoms with E-state index in [9.17, 15) is 9.59 Å². The van der Waals surface area contributed by atoms with Crippen LogP contribution in [0, 0.1) is 0 Å². The number of hydrogen-bond donors (Lipinski definition) is 1. The number of nitrogens with zero attached hydrogens (tertiary/aromatic N) is 2. The summed E-state index contributed by atoms with van der Waals surface area (Å²) in [5.41, 5.74) is 0.603. The Morgan fingerprint density at radius 1 is 1.22 bits per heavy atom. The number of hydrogen-bond acceptors (Lipinski definition) is 4. The molecule has 2 rings (SSSR count). The third-order valence-corrected chi connectivity index (χ3v) is 4.04. The molecule has 5 nitrogen and oxygen atoms in total. The number of aromatic nitrogens is 1. The monoisotopic (exact) mass is 331 g/mol. The number of thiazole rings is 1. The average Bonchev–Trinajstić information content (AvgIpc) is 3.07. The highest BCUT2D eigenvalue weighted by molar-refractivity contribution is 7.13. The fourth-order valence-corrected chi connectivity index (χ4v) is 2.73. The fraction of sp³-hybridized carbons (Fsp3) is 0.353. The van der Waals surface area contributed by atoms with Crippen molar-refractivity contribution >= 4 is 28.3 Å². The summed E-state index contributed by atoms with van der Waals surface area (Å²) in [5, 5.41) is 5.07. The lowest BCUT2D eigenvalue weighted by molar-refractivity contribution is -0.116. The summed E-state index contributed by atoms with van der Waals surface area (Å²) in [6.07, 6.45) is 4.62. The third-order valence-electron chi connectivity index (χ3n) is 3.35. The molecule has 1 heterocycles. The summed E-state index contributed by atoms with van der Waals surface area (Å²) in [7, 11) is 0. The van der Waals surface area contributed by atoms with Crippen molar-refractivity contribution in [2.24, 2.45) is 0 Å². The van der Waals surface area contributed by atoms with Crippen LogP contribution in [0.2, 0.25) is 0 Å². The van der Waals surface area contributed by atoms with Gasteiger partial charge >= 0.3 is 0 Å². The van der Waals surface area contributed by atoms with Gasteiger partial charge in [-0.05, 0) is 18.6 Å². The van der Waals surface area contributed by atoms with Crippen LogP contribution >= 0.6 is 11.3 Å². The van der Waals surface area contributed by atoms with Crippen molar-refractivity contribution in [1.82, 2.24) is 9.88 Å². The standard InChI is InChI=1S/C17H21N3O2S/c1-2-3-7-11-20(16(22)14-8-5-4-6-9-14)13-15(21)19-17-18-10-12-23-17/h4-6,8-10,12H,2-3,7,11,13H2,1H3,(H,18,19,21). The van der Waals surface area contributed by atoms with Crippen LogP contribution in [0.25, 0.3) is 0 Å². The van der Waals surface area contributed by atoms with Gasteiger partial charge in [-0.1, -0.05) is 38.0 Å². The number of unbranched alkanes of at least 4 members (excludes halogenated alkanes) is 2. The molecule has 0 aliphatic heterocycles. The summed E-state index contributed by atoms with van der Waals surface area (Å²) < 4.78 is 0. The van der Waals surface area contributed by atoms with Crippen molar-refractivity contribution in [2.45, 2.75) is 26.2 Å². The molecule has 2 amide bonds. The molecule has 0 aliphatic rings. The largest absolute Gasteiger partial charge is 0.329 e. The Morgan fingerprint density at radius 3 is 2.65 bits per heavy atom. The molecule has 0 spiro atoms. The summed E-state index contributed by atoms with van der Waals surface area (Å²) in [4.78, 5) is 30.4. The predicted molar refractivity (Wildman–Crippen MR) is 92.6 cm³/mol. The zero-order valence-electron chi connectivity index (χ0n) is 13.2. The van der Waals surface area contributed by atoms with E-state index < -0.39 is 0 Å². The number of nitrogens with one attached hydrogen (secondary N) is 1. The van der Waals surface area contributed by atoms with Gasteiger partial charge in [0.1, 0.15) is 6.54 Å². The first-order chi connectivity index (χ1) is 11.2. The van der Waals surface area contributed by atoms with Gasteiger partial charge in [-0.15, -0.1) is 11.3 Å². The second kappa shape index (κ2) is 9.05. The first-order valence-electron chi connectivity index (χ1n) is 7.74. The van der Waals surface area contributed by atoms with Crippen molar-refractivity contribution in [3.05, 3.63) is 47.5 Å². The first-order valence-corrected chi connectivity index (χ1v) is 8.62. The molecule has 0 atom stereocenters. The van der Waals surface area contributed by atoms with Gasteiger partial charge in [0, 0.05) is 23.7 Å². The van der Waals surface area contributed by atoms with Crippen molar-refractivity contribution in [1.29, 1.82) is 0 Å². The molecule has 122 valence electrons. The molecule has 2 aromatic rings. The second-order valence-corrected chi connectivity index (χ2v) is 6.08. The van der Waals surface area contributed by atoms with Gasteiger partial charge in [-0.25, -0.2) is 4.98 Å². The van der Waals surface area contributed by atoms with E-state index in [-0.39, 0.29) is 18.4 Å². The number of benzene rings is 1. The summed E-state index contributed by atoms with van der Waals surface area (Å²) in [6, 6.07) is 9.06. The van der Waals surface area contributed by atoms with Gasteiger partial charge in [0.25, 0.3) is 5.91 Å². The molecular formula is C17H21N3O2S. The van der Waals surface area contributed by atoms with E-state index in [1.165, 1.54) is 11.3 Å². The molecule has 0 fully saturated rings. The molecule has 0 unspecified atom stereocenters. The molecule has 0 radical (unpaired) electrons. The molecule has 1 aromatic carbocycles. The van der Waals surface area contributed by atoms with Gasteiger partial charge in [0.05, 0.1) is 0 Å². The predicted octanol–water partition coefficient (Wildman–Crippen LogP) is 3.41. The van der Waals surface area contributed by atoms with Gasteiger partial charge in [-0.3, -0.25) is 9.59 Å². The average molecular weight is 331 g/mol. The van der Waals surface area contributed by atoms with E-state index >= 15 is 0 Å². The van der Waals surface area contributed by atoms with Gasteiger partial charge in [-0.2, -0.15) is 0 Å². The maximum Gasteiger partial charge on any atom is 0.254 e. The molecule has 0 aliphatic carbocycles. The quantitative estimate of drug-likeness (QED) is 0.754. The number of carbonyl (C=O) groups excluding carboxylic acids is 2. The molecule has 1 aromatic heterocycles. The van der Waals surface area contributed by atoms with E-state index in [1.807, 2.05) is 18.2 Å². The Kier molecular flexibility index (Phi) is 6.75. The highest BCUT2D eigenvalue weighted by Crippen LogP contribution is 2.11. The van der Waals surface area contributed by atoms with Crippen LogP contribution in [0.5, 0.6) is 0 Å². The van der Waals surface area contributed by atoms with E-state index in [0.717, 1.165) is 19.3 Å². The molecular weight excluding hydrogens is 310 g/mol. The van der Waals surface area contributed by atoms with Crippen LogP contribution in [-0.2, 0) is 4.79 Å². The van der Waals surface area contributed by atoms with Crippen molar-refractivity contribution in [3.8, 4) is 0 Å². The number of carbonyl (C=O) groups is 2. The maximum atomic E-state index is 12.6. The van der Waals surface area contributed by atoms with Gasteiger partial charge in [0.15, 0.2) is 5.13 Å². The fourth-order valence-electron chi connectivity index (χ4n) is 2.19. The van der Waals surface area contributed by atoms with Crippen LogP contribution in [0.4, 0.5) is 5.13 Å². The zero-order chi connectivity index (χ0) is 16.5. The Bertz CT molecular complexity index is 614. The lowest BCUT2D eigenvalue weighted by atomic mass is 10.2. The van der Waals surface area contributed by atoms with E-state index in [4.69, 9.17) is 0 Å². The van der Waals surface area contributed by atoms with Crippen molar-refractivity contribution in [2.75, 3.05) is 18.4 Å². The lowest BCUT2D eigenvalue weighted by Crippen LogP contribution is -2.38. The van der Waals surface area contributed by atoms with Crippen LogP contribution in [0.3, 0.4) is 0 Å². The molecule has 1 N–H and O–H groups in total. The van der Waals surface area contributed by atoms with Crippen LogP contribution in [0.15, 0.2) is 41.9 Å². The smallest absolute Gasteiger partial charge is 0.254 e. The van der Waals surface area contributed by atoms with Crippen LogP contribution in [0.1, 0.15) is 36.5 Å². The maximum absolute atomic E-state index is 12.6. The van der Waals surface area contributed by atoms with E-state index in [2.05, 4.69) is 17.2 Å². The normalized spacial score (nSPS) is 10.3. The number of anilines is 1. The van der Waals surface area contributed by atoms with Gasteiger partial charge in [0.2, 0.25) is 5.91 Å². The van der Waals surface area contributed by atoms with Gasteiger partial charge < -0.3 is 10.2 Å². The molecule has 0 bridgehead atoms. The van der Waals surface area contributed by atoms with Crippen LogP contribution < -0.4 is 5.32 Å². The molecule has 0 saturated heterocycles. The summed E-state index contributed by atoms with van der Waals surface area (Å²) in [5.74, 6) is -0.336. The second-order valence-electron chi connectivity index (χ2n) is 5.19. The Hall–Kier alpha value is -2.21. The molecule has 23 heavy (non-hydrogen) atoms. The Balaban J connectivity index is 2.01. The molecule has 0 saturated carbocycles.